The van der Waals surface area contributed by atoms with Crippen molar-refractivity contribution in [3.8, 4) is 0 Å². The highest BCUT2D eigenvalue weighted by atomic mass is 16.9. The highest BCUT2D eigenvalue weighted by molar-refractivity contribution is 6.21. The van der Waals surface area contributed by atoms with E-state index in [-0.39, 0.29) is 26.4 Å². The molecule has 0 bridgehead atoms. The van der Waals surface area contributed by atoms with Crippen LogP contribution in [0.4, 0.5) is 0 Å². The second-order valence-corrected chi connectivity index (χ2v) is 4.94. The number of carbonyl (C=O) groups is 2. The van der Waals surface area contributed by atoms with Gasteiger partial charge < -0.3 is 29.1 Å². The third kappa shape index (κ3) is 12.0. The van der Waals surface area contributed by atoms with E-state index in [1.165, 1.54) is 0 Å². The van der Waals surface area contributed by atoms with Crippen LogP contribution in [0, 0.1) is 5.41 Å². The summed E-state index contributed by atoms with van der Waals surface area (Å²) in [7, 11) is 0. The Hall–Kier alpha value is -1.77. The molecule has 0 amide bonds. The van der Waals surface area contributed by atoms with Gasteiger partial charge in [0.1, 0.15) is 19.4 Å². The summed E-state index contributed by atoms with van der Waals surface area (Å²) < 4.78 is 25.5. The molecule has 0 aliphatic carbocycles. The molecule has 0 heterocycles. The monoisotopic (exact) mass is 317 g/mol. The van der Waals surface area contributed by atoms with Crippen molar-refractivity contribution in [1.29, 1.82) is 5.41 Å². The van der Waals surface area contributed by atoms with Gasteiger partial charge in [0.2, 0.25) is 0 Å². The second kappa shape index (κ2) is 10.9. The van der Waals surface area contributed by atoms with Crippen molar-refractivity contribution >= 4 is 18.2 Å². The zero-order chi connectivity index (χ0) is 17.0. The summed E-state index contributed by atoms with van der Waals surface area (Å²) in [6.45, 7) is 7.83. The van der Waals surface area contributed by atoms with Crippen LogP contribution in [0.1, 0.15) is 20.8 Å². The average molecular weight is 317 g/mol. The maximum Gasteiger partial charge on any atom is 0.348 e. The summed E-state index contributed by atoms with van der Waals surface area (Å²) >= 11 is 0. The van der Waals surface area contributed by atoms with Crippen LogP contribution in [0.15, 0.2) is 12.7 Å². The molecule has 0 spiro atoms. The molecular formula is C14H23NO7. The van der Waals surface area contributed by atoms with Crippen molar-refractivity contribution in [2.75, 3.05) is 26.4 Å². The van der Waals surface area contributed by atoms with E-state index in [9.17, 15) is 9.59 Å². The van der Waals surface area contributed by atoms with E-state index in [1.807, 2.05) is 20.8 Å². The van der Waals surface area contributed by atoms with E-state index in [0.717, 1.165) is 6.08 Å². The van der Waals surface area contributed by atoms with Gasteiger partial charge in [-0.25, -0.2) is 9.59 Å². The lowest BCUT2D eigenvalue weighted by atomic mass is 10.2. The van der Waals surface area contributed by atoms with Crippen LogP contribution < -0.4 is 0 Å². The molecule has 0 rings (SSSR count). The highest BCUT2D eigenvalue weighted by Crippen LogP contribution is 2.12. The van der Waals surface area contributed by atoms with E-state index in [4.69, 9.17) is 24.4 Å². The number of hydrogen-bond acceptors (Lipinski definition) is 8. The number of esters is 2. The standard InChI is InChI=1S/C14H23NO7/c1-5-11(16)18-6-8-20-13(22-14(2,3)4)21-9-7-19-12(17)10-15/h5,10,13,15H,1,6-9H2,2-4H3. The SMILES string of the molecule is C=CC(=O)OCCOC(OCCOC(=O)C=N)OC(C)(C)C. The van der Waals surface area contributed by atoms with Gasteiger partial charge in [0.15, 0.2) is 0 Å². The van der Waals surface area contributed by atoms with Gasteiger partial charge in [0.25, 0.3) is 6.48 Å². The topological polar surface area (TPSA) is 104 Å². The number of hydrogen-bond donors (Lipinski definition) is 1. The van der Waals surface area contributed by atoms with Crippen LogP contribution in [-0.4, -0.2) is 56.7 Å². The fourth-order valence-electron chi connectivity index (χ4n) is 1.08. The first-order valence-electron chi connectivity index (χ1n) is 6.66. The lowest BCUT2D eigenvalue weighted by molar-refractivity contribution is -0.321. The predicted molar refractivity (Wildman–Crippen MR) is 77.4 cm³/mol. The maximum atomic E-state index is 10.9. The molecule has 22 heavy (non-hydrogen) atoms. The van der Waals surface area contributed by atoms with Crippen molar-refractivity contribution in [2.24, 2.45) is 0 Å². The van der Waals surface area contributed by atoms with Crippen LogP contribution in [0.25, 0.3) is 0 Å². The van der Waals surface area contributed by atoms with Gasteiger partial charge in [-0.15, -0.1) is 0 Å². The highest BCUT2D eigenvalue weighted by Gasteiger charge is 2.20. The Kier molecular flexibility index (Phi) is 10.0. The lowest BCUT2D eigenvalue weighted by Crippen LogP contribution is -2.33. The van der Waals surface area contributed by atoms with Gasteiger partial charge in [0, 0.05) is 6.08 Å². The second-order valence-electron chi connectivity index (χ2n) is 4.94. The summed E-state index contributed by atoms with van der Waals surface area (Å²) in [5, 5.41) is 6.67. The molecule has 1 unspecified atom stereocenters. The third-order valence-electron chi connectivity index (χ3n) is 1.90. The summed E-state index contributed by atoms with van der Waals surface area (Å²) in [5.41, 5.74) is -0.520. The van der Waals surface area contributed by atoms with Gasteiger partial charge in [-0.3, -0.25) is 0 Å². The molecule has 0 radical (unpaired) electrons. The molecular weight excluding hydrogens is 294 g/mol. The van der Waals surface area contributed by atoms with Crippen LogP contribution in [0.5, 0.6) is 0 Å². The molecule has 0 aliphatic heterocycles. The first-order chi connectivity index (χ1) is 10.3. The minimum Gasteiger partial charge on any atom is -0.460 e. The van der Waals surface area contributed by atoms with Crippen molar-refractivity contribution in [3.05, 3.63) is 12.7 Å². The van der Waals surface area contributed by atoms with Gasteiger partial charge in [-0.1, -0.05) is 6.58 Å². The molecule has 1 atom stereocenters. The van der Waals surface area contributed by atoms with Gasteiger partial charge in [-0.2, -0.15) is 0 Å². The minimum atomic E-state index is -0.999. The van der Waals surface area contributed by atoms with Crippen LogP contribution in [0.2, 0.25) is 0 Å². The maximum absolute atomic E-state index is 10.9. The molecule has 0 aliphatic rings. The van der Waals surface area contributed by atoms with E-state index in [2.05, 4.69) is 11.3 Å². The Labute approximate surface area is 129 Å². The number of rotatable bonds is 11. The number of ether oxygens (including phenoxy) is 5. The summed E-state index contributed by atoms with van der Waals surface area (Å²) in [5.74, 6) is -1.30. The molecule has 0 saturated heterocycles. The largest absolute Gasteiger partial charge is 0.460 e. The lowest BCUT2D eigenvalue weighted by Gasteiger charge is -2.27. The van der Waals surface area contributed by atoms with E-state index >= 15 is 0 Å². The normalized spacial score (nSPS) is 12.3. The zero-order valence-electron chi connectivity index (χ0n) is 13.1. The third-order valence-corrected chi connectivity index (χ3v) is 1.90. The van der Waals surface area contributed by atoms with Crippen LogP contribution >= 0.6 is 0 Å². The molecule has 0 fully saturated rings. The fourth-order valence-corrected chi connectivity index (χ4v) is 1.08. The average Bonchev–Trinajstić information content (AvgIpc) is 2.45. The quantitative estimate of drug-likeness (QED) is 0.199. The molecule has 1 N–H and O–H groups in total. The van der Waals surface area contributed by atoms with Crippen molar-refractivity contribution in [2.45, 2.75) is 32.8 Å². The van der Waals surface area contributed by atoms with Crippen molar-refractivity contribution in [3.63, 3.8) is 0 Å². The van der Waals surface area contributed by atoms with Crippen LogP contribution in [-0.2, 0) is 33.3 Å². The Morgan fingerprint density at radius 1 is 1.05 bits per heavy atom. The van der Waals surface area contributed by atoms with Gasteiger partial charge in [-0.05, 0) is 20.8 Å². The van der Waals surface area contributed by atoms with Gasteiger partial charge >= 0.3 is 11.9 Å². The van der Waals surface area contributed by atoms with E-state index in [1.54, 1.807) is 0 Å². The van der Waals surface area contributed by atoms with E-state index in [0.29, 0.717) is 6.21 Å². The van der Waals surface area contributed by atoms with Gasteiger partial charge in [0.05, 0.1) is 18.8 Å². The van der Waals surface area contributed by atoms with Crippen molar-refractivity contribution < 1.29 is 33.3 Å². The Balaban J connectivity index is 4.09. The minimum absolute atomic E-state index is 0.0288. The molecule has 126 valence electrons. The molecule has 8 heteroatoms. The predicted octanol–water partition coefficient (Wildman–Crippen LogP) is 1.04. The summed E-state index contributed by atoms with van der Waals surface area (Å²) in [4.78, 5) is 21.6. The molecule has 0 aromatic heterocycles. The molecule has 0 aromatic rings. The number of nitrogens with one attached hydrogen (secondary N) is 1. The molecule has 8 nitrogen and oxygen atoms in total. The summed E-state index contributed by atoms with van der Waals surface area (Å²) in [6, 6.07) is 0. The molecule has 0 saturated carbocycles. The van der Waals surface area contributed by atoms with E-state index < -0.39 is 24.0 Å². The summed E-state index contributed by atoms with van der Waals surface area (Å²) in [6.07, 6.45) is 1.62. The Morgan fingerprint density at radius 3 is 1.95 bits per heavy atom. The first kappa shape index (κ1) is 20.2. The smallest absolute Gasteiger partial charge is 0.348 e. The number of carbonyl (C=O) groups excluding carboxylic acids is 2. The van der Waals surface area contributed by atoms with Crippen molar-refractivity contribution in [1.82, 2.24) is 0 Å². The fraction of sp³-hybridized carbons (Fsp3) is 0.643. The Bertz CT molecular complexity index is 348. The molecule has 0 aromatic carbocycles. The zero-order valence-corrected chi connectivity index (χ0v) is 13.1. The first-order valence-corrected chi connectivity index (χ1v) is 6.66. The Morgan fingerprint density at radius 2 is 1.55 bits per heavy atom. The van der Waals surface area contributed by atoms with Crippen LogP contribution in [0.3, 0.4) is 0 Å².